The molecule has 2 atom stereocenters. The maximum atomic E-state index is 6.03. The number of nitrogens with two attached hydrogens (primary N) is 1. The number of unbranched alkanes of at least 4 members (excludes halogenated alkanes) is 6. The molecule has 2 N–H and O–H groups in total. The minimum atomic E-state index is 0.278. The van der Waals surface area contributed by atoms with E-state index in [4.69, 9.17) is 17.3 Å². The second-order valence-electron chi connectivity index (χ2n) is 5.03. The smallest absolute Gasteiger partial charge is 0.0308 e. The lowest BCUT2D eigenvalue weighted by Crippen LogP contribution is -2.20. The fraction of sp³-hybridized carbons (Fsp3) is 1.00. The number of rotatable bonds is 11. The van der Waals surface area contributed by atoms with Crippen LogP contribution in [-0.2, 0) is 0 Å². The zero-order valence-electron chi connectivity index (χ0n) is 11.2. The number of halogens is 1. The summed E-state index contributed by atoms with van der Waals surface area (Å²) in [6, 6.07) is 0.372. The molecule has 0 aromatic carbocycles. The summed E-state index contributed by atoms with van der Waals surface area (Å²) < 4.78 is 0. The normalized spacial score (nSPS) is 15.0. The maximum Gasteiger partial charge on any atom is 0.0308 e. The van der Waals surface area contributed by atoms with Crippen LogP contribution in [-0.4, -0.2) is 11.4 Å². The first-order valence-electron chi connectivity index (χ1n) is 7.06. The van der Waals surface area contributed by atoms with Crippen LogP contribution in [0, 0.1) is 0 Å². The predicted octanol–water partition coefficient (Wildman–Crippen LogP) is 4.86. The first-order chi connectivity index (χ1) is 7.66. The van der Waals surface area contributed by atoms with Gasteiger partial charge in [0.25, 0.3) is 0 Å². The average molecular weight is 248 g/mol. The molecule has 16 heavy (non-hydrogen) atoms. The van der Waals surface area contributed by atoms with Gasteiger partial charge in [-0.05, 0) is 26.2 Å². The Balaban J connectivity index is 3.12. The minimum Gasteiger partial charge on any atom is -0.328 e. The third kappa shape index (κ3) is 12.3. The van der Waals surface area contributed by atoms with Gasteiger partial charge in [-0.25, -0.2) is 0 Å². The van der Waals surface area contributed by atoms with Crippen LogP contribution < -0.4 is 5.73 Å². The second kappa shape index (κ2) is 11.7. The summed E-state index contributed by atoms with van der Waals surface area (Å²) in [4.78, 5) is 0. The van der Waals surface area contributed by atoms with Gasteiger partial charge in [0.2, 0.25) is 0 Å². The third-order valence-corrected chi connectivity index (χ3v) is 3.33. The van der Waals surface area contributed by atoms with Crippen LogP contribution in [0.25, 0.3) is 0 Å². The van der Waals surface area contributed by atoms with E-state index in [1.807, 2.05) is 6.92 Å². The molecular formula is C14H30ClN. The van der Waals surface area contributed by atoms with E-state index < -0.39 is 0 Å². The molecule has 0 rings (SSSR count). The number of hydrogen-bond donors (Lipinski definition) is 1. The molecule has 0 saturated carbocycles. The van der Waals surface area contributed by atoms with E-state index in [9.17, 15) is 0 Å². The van der Waals surface area contributed by atoms with Crippen molar-refractivity contribution in [1.29, 1.82) is 0 Å². The Hall–Kier alpha value is 0.250. The highest BCUT2D eigenvalue weighted by atomic mass is 35.5. The Morgan fingerprint density at radius 1 is 0.875 bits per heavy atom. The summed E-state index contributed by atoms with van der Waals surface area (Å²) >= 11 is 5.90. The summed E-state index contributed by atoms with van der Waals surface area (Å²) in [6.07, 6.45) is 12.9. The molecule has 0 aliphatic carbocycles. The van der Waals surface area contributed by atoms with E-state index in [-0.39, 0.29) is 5.38 Å². The largest absolute Gasteiger partial charge is 0.328 e. The van der Waals surface area contributed by atoms with Crippen LogP contribution in [0.2, 0.25) is 0 Å². The molecule has 0 aromatic heterocycles. The molecule has 0 aliphatic heterocycles. The van der Waals surface area contributed by atoms with E-state index in [0.717, 1.165) is 12.8 Å². The van der Waals surface area contributed by atoms with E-state index in [0.29, 0.717) is 6.04 Å². The van der Waals surface area contributed by atoms with Gasteiger partial charge in [-0.2, -0.15) is 0 Å². The lowest BCUT2D eigenvalue weighted by Gasteiger charge is -2.11. The highest BCUT2D eigenvalue weighted by Crippen LogP contribution is 2.12. The third-order valence-electron chi connectivity index (χ3n) is 3.11. The molecule has 0 saturated heterocycles. The molecule has 98 valence electrons. The Kier molecular flexibility index (Phi) is 11.9. The summed E-state index contributed by atoms with van der Waals surface area (Å²) in [5.41, 5.74) is 6.03. The fourth-order valence-electron chi connectivity index (χ4n) is 1.95. The lowest BCUT2D eigenvalue weighted by molar-refractivity contribution is 0.497. The zero-order valence-corrected chi connectivity index (χ0v) is 11.9. The Labute approximate surface area is 107 Å². The average Bonchev–Trinajstić information content (AvgIpc) is 2.25. The van der Waals surface area contributed by atoms with Gasteiger partial charge in [-0.1, -0.05) is 51.9 Å². The van der Waals surface area contributed by atoms with Crippen LogP contribution in [0.4, 0.5) is 0 Å². The van der Waals surface area contributed by atoms with Gasteiger partial charge in [0.05, 0.1) is 0 Å². The molecular weight excluding hydrogens is 218 g/mol. The fourth-order valence-corrected chi connectivity index (χ4v) is 2.08. The van der Waals surface area contributed by atoms with Crippen molar-refractivity contribution in [2.24, 2.45) is 5.73 Å². The van der Waals surface area contributed by atoms with Crippen LogP contribution in [0.1, 0.15) is 78.1 Å². The maximum absolute atomic E-state index is 6.03. The van der Waals surface area contributed by atoms with Gasteiger partial charge in [0, 0.05) is 11.4 Å². The van der Waals surface area contributed by atoms with Gasteiger partial charge in [0.1, 0.15) is 0 Å². The second-order valence-corrected chi connectivity index (χ2v) is 5.77. The summed E-state index contributed by atoms with van der Waals surface area (Å²) in [5, 5.41) is 0.278. The standard InChI is InChI=1S/C14H30ClN/c1-3-4-5-6-7-8-9-10-14(16)12-11-13(2)15/h13-14H,3-12,16H2,1-2H3. The molecule has 0 radical (unpaired) electrons. The highest BCUT2D eigenvalue weighted by molar-refractivity contribution is 6.20. The van der Waals surface area contributed by atoms with Gasteiger partial charge in [-0.3, -0.25) is 0 Å². The molecule has 0 aromatic rings. The van der Waals surface area contributed by atoms with Crippen molar-refractivity contribution in [2.45, 2.75) is 89.5 Å². The Morgan fingerprint density at radius 3 is 2.00 bits per heavy atom. The Bertz CT molecular complexity index is 137. The van der Waals surface area contributed by atoms with Crippen molar-refractivity contribution in [3.8, 4) is 0 Å². The van der Waals surface area contributed by atoms with E-state index in [1.165, 1.54) is 51.4 Å². The molecule has 0 aliphatic rings. The minimum absolute atomic E-state index is 0.278. The SMILES string of the molecule is CCCCCCCCCC(N)CCC(C)Cl. The monoisotopic (exact) mass is 247 g/mol. The molecule has 0 amide bonds. The van der Waals surface area contributed by atoms with E-state index >= 15 is 0 Å². The van der Waals surface area contributed by atoms with Crippen molar-refractivity contribution < 1.29 is 0 Å². The van der Waals surface area contributed by atoms with Crippen molar-refractivity contribution in [3.05, 3.63) is 0 Å². The van der Waals surface area contributed by atoms with Crippen LogP contribution >= 0.6 is 11.6 Å². The highest BCUT2D eigenvalue weighted by Gasteiger charge is 2.04. The molecule has 1 nitrogen and oxygen atoms in total. The lowest BCUT2D eigenvalue weighted by atomic mass is 10.0. The molecule has 0 fully saturated rings. The Morgan fingerprint density at radius 2 is 1.44 bits per heavy atom. The van der Waals surface area contributed by atoms with Gasteiger partial charge in [0.15, 0.2) is 0 Å². The molecule has 0 spiro atoms. The number of alkyl halides is 1. The van der Waals surface area contributed by atoms with E-state index in [1.54, 1.807) is 0 Å². The summed E-state index contributed by atoms with van der Waals surface area (Å²) in [5.74, 6) is 0. The molecule has 0 bridgehead atoms. The van der Waals surface area contributed by atoms with Gasteiger partial charge < -0.3 is 5.73 Å². The van der Waals surface area contributed by atoms with E-state index in [2.05, 4.69) is 6.92 Å². The summed E-state index contributed by atoms with van der Waals surface area (Å²) in [7, 11) is 0. The first kappa shape index (κ1) is 16.2. The van der Waals surface area contributed by atoms with Gasteiger partial charge >= 0.3 is 0 Å². The molecule has 2 unspecified atom stereocenters. The van der Waals surface area contributed by atoms with Crippen molar-refractivity contribution in [3.63, 3.8) is 0 Å². The predicted molar refractivity (Wildman–Crippen MR) is 75.1 cm³/mol. The van der Waals surface area contributed by atoms with Crippen LogP contribution in [0.5, 0.6) is 0 Å². The topological polar surface area (TPSA) is 26.0 Å². The zero-order chi connectivity index (χ0) is 12.2. The van der Waals surface area contributed by atoms with Crippen LogP contribution in [0.15, 0.2) is 0 Å². The summed E-state index contributed by atoms with van der Waals surface area (Å²) in [6.45, 7) is 4.30. The van der Waals surface area contributed by atoms with Crippen molar-refractivity contribution >= 4 is 11.6 Å². The van der Waals surface area contributed by atoms with Crippen LogP contribution in [0.3, 0.4) is 0 Å². The van der Waals surface area contributed by atoms with Gasteiger partial charge in [-0.15, -0.1) is 11.6 Å². The first-order valence-corrected chi connectivity index (χ1v) is 7.50. The van der Waals surface area contributed by atoms with Crippen molar-refractivity contribution in [1.82, 2.24) is 0 Å². The molecule has 2 heteroatoms. The number of hydrogen-bond acceptors (Lipinski definition) is 1. The quantitative estimate of drug-likeness (QED) is 0.410. The van der Waals surface area contributed by atoms with Crippen molar-refractivity contribution in [2.75, 3.05) is 0 Å². The molecule has 0 heterocycles.